The van der Waals surface area contributed by atoms with Gasteiger partial charge in [0.05, 0.1) is 19.3 Å². The molecule has 1 amide bonds. The average molecular weight is 335 g/mol. The lowest BCUT2D eigenvalue weighted by atomic mass is 10.2. The lowest BCUT2D eigenvalue weighted by Crippen LogP contribution is -2.39. The lowest BCUT2D eigenvalue weighted by Gasteiger charge is -2.23. The van der Waals surface area contributed by atoms with Crippen LogP contribution >= 0.6 is 24.0 Å². The zero-order chi connectivity index (χ0) is 15.7. The van der Waals surface area contributed by atoms with Gasteiger partial charge in [0, 0.05) is 16.0 Å². The fourth-order valence-electron chi connectivity index (χ4n) is 2.10. The SMILES string of the molecule is C=CCOC(=O)N1C[C@@H](SC(=S)CC)C[C@H]1COCCF. The molecule has 21 heavy (non-hydrogen) atoms. The van der Waals surface area contributed by atoms with E-state index in [1.807, 2.05) is 6.92 Å². The van der Waals surface area contributed by atoms with E-state index >= 15 is 0 Å². The molecular formula is C14H22FNO3S2. The van der Waals surface area contributed by atoms with Gasteiger partial charge in [0.15, 0.2) is 0 Å². The molecule has 0 spiro atoms. The van der Waals surface area contributed by atoms with Crippen molar-refractivity contribution in [3.8, 4) is 0 Å². The van der Waals surface area contributed by atoms with Crippen molar-refractivity contribution in [3.63, 3.8) is 0 Å². The van der Waals surface area contributed by atoms with E-state index in [-0.39, 0.29) is 30.6 Å². The first-order valence-electron chi connectivity index (χ1n) is 6.99. The normalized spacial score (nSPS) is 21.3. The Morgan fingerprint density at radius 1 is 1.62 bits per heavy atom. The van der Waals surface area contributed by atoms with Gasteiger partial charge >= 0.3 is 6.09 Å². The van der Waals surface area contributed by atoms with Crippen LogP contribution in [-0.4, -0.2) is 59.5 Å². The van der Waals surface area contributed by atoms with Crippen LogP contribution in [0.15, 0.2) is 12.7 Å². The van der Waals surface area contributed by atoms with E-state index in [1.165, 1.54) is 6.08 Å². The number of nitrogens with zero attached hydrogens (tertiary/aromatic N) is 1. The molecule has 0 N–H and O–H groups in total. The van der Waals surface area contributed by atoms with E-state index in [1.54, 1.807) is 16.7 Å². The van der Waals surface area contributed by atoms with Crippen LogP contribution in [0.1, 0.15) is 19.8 Å². The summed E-state index contributed by atoms with van der Waals surface area (Å²) in [5.74, 6) is 0. The molecule has 120 valence electrons. The first-order chi connectivity index (χ1) is 10.1. The van der Waals surface area contributed by atoms with Crippen molar-refractivity contribution in [2.24, 2.45) is 0 Å². The number of hydrogen-bond acceptors (Lipinski definition) is 5. The average Bonchev–Trinajstić information content (AvgIpc) is 2.87. The largest absolute Gasteiger partial charge is 0.445 e. The number of ether oxygens (including phenoxy) is 2. The molecule has 0 aromatic heterocycles. The summed E-state index contributed by atoms with van der Waals surface area (Å²) in [6.45, 7) is 6.14. The topological polar surface area (TPSA) is 38.8 Å². The molecule has 0 bridgehead atoms. The van der Waals surface area contributed by atoms with Crippen LogP contribution in [0.4, 0.5) is 9.18 Å². The van der Waals surface area contributed by atoms with E-state index in [2.05, 4.69) is 6.58 Å². The number of amides is 1. The highest BCUT2D eigenvalue weighted by Gasteiger charge is 2.36. The minimum Gasteiger partial charge on any atom is -0.445 e. The van der Waals surface area contributed by atoms with E-state index < -0.39 is 6.67 Å². The number of thiocarbonyl (C=S) groups is 1. The summed E-state index contributed by atoms with van der Waals surface area (Å²) in [7, 11) is 0. The molecule has 1 fully saturated rings. The molecule has 1 aliphatic rings. The van der Waals surface area contributed by atoms with Crippen molar-refractivity contribution >= 4 is 34.3 Å². The molecule has 0 aromatic carbocycles. The van der Waals surface area contributed by atoms with E-state index in [9.17, 15) is 9.18 Å². The number of alkyl halides is 1. The van der Waals surface area contributed by atoms with Crippen LogP contribution in [0.25, 0.3) is 0 Å². The monoisotopic (exact) mass is 335 g/mol. The Morgan fingerprint density at radius 3 is 3.00 bits per heavy atom. The van der Waals surface area contributed by atoms with Gasteiger partial charge in [0.25, 0.3) is 0 Å². The van der Waals surface area contributed by atoms with Crippen molar-refractivity contribution < 1.29 is 18.7 Å². The molecule has 2 atom stereocenters. The van der Waals surface area contributed by atoms with Gasteiger partial charge in [-0.15, -0.1) is 11.8 Å². The molecule has 0 radical (unpaired) electrons. The number of carbonyl (C=O) groups is 1. The predicted molar refractivity (Wildman–Crippen MR) is 87.7 cm³/mol. The van der Waals surface area contributed by atoms with Gasteiger partial charge in [-0.3, -0.25) is 0 Å². The Bertz CT molecular complexity index is 368. The van der Waals surface area contributed by atoms with Crippen molar-refractivity contribution in [3.05, 3.63) is 12.7 Å². The summed E-state index contributed by atoms with van der Waals surface area (Å²) in [4.78, 5) is 13.7. The Morgan fingerprint density at radius 2 is 2.38 bits per heavy atom. The molecule has 0 saturated carbocycles. The maximum absolute atomic E-state index is 12.1. The zero-order valence-corrected chi connectivity index (χ0v) is 13.9. The molecule has 1 heterocycles. The molecule has 1 saturated heterocycles. The van der Waals surface area contributed by atoms with Crippen molar-refractivity contribution in [1.29, 1.82) is 0 Å². The molecule has 1 rings (SSSR count). The minimum absolute atomic E-state index is 0.0528. The van der Waals surface area contributed by atoms with E-state index in [4.69, 9.17) is 21.7 Å². The van der Waals surface area contributed by atoms with Gasteiger partial charge in [-0.2, -0.15) is 0 Å². The van der Waals surface area contributed by atoms with Crippen molar-refractivity contribution in [2.75, 3.05) is 33.0 Å². The number of likely N-dealkylation sites (tertiary alicyclic amines) is 1. The third-order valence-electron chi connectivity index (χ3n) is 3.05. The molecule has 0 unspecified atom stereocenters. The van der Waals surface area contributed by atoms with Gasteiger partial charge in [-0.05, 0) is 12.8 Å². The smallest absolute Gasteiger partial charge is 0.410 e. The van der Waals surface area contributed by atoms with Crippen LogP contribution < -0.4 is 0 Å². The highest BCUT2D eigenvalue weighted by atomic mass is 32.2. The molecule has 7 heteroatoms. The highest BCUT2D eigenvalue weighted by molar-refractivity contribution is 8.23. The molecule has 0 aromatic rings. The van der Waals surface area contributed by atoms with E-state index in [0.29, 0.717) is 13.2 Å². The summed E-state index contributed by atoms with van der Waals surface area (Å²) in [6, 6.07) is -0.0916. The maximum Gasteiger partial charge on any atom is 0.410 e. The Hall–Kier alpha value is -0.660. The van der Waals surface area contributed by atoms with Gasteiger partial charge in [-0.1, -0.05) is 31.8 Å². The van der Waals surface area contributed by atoms with E-state index in [0.717, 1.165) is 17.0 Å². The second-order valence-corrected chi connectivity index (χ2v) is 6.78. The first kappa shape index (κ1) is 18.4. The first-order valence-corrected chi connectivity index (χ1v) is 8.28. The van der Waals surface area contributed by atoms with Crippen LogP contribution in [0.3, 0.4) is 0 Å². The fraction of sp³-hybridized carbons (Fsp3) is 0.714. The third-order valence-corrected chi connectivity index (χ3v) is 4.86. The predicted octanol–water partition coefficient (Wildman–Crippen LogP) is 3.21. The fourth-order valence-corrected chi connectivity index (χ4v) is 3.60. The standard InChI is InChI=1S/C14H22FNO3S2/c1-3-6-19-14(17)16-9-12(21-13(20)4-2)8-11(16)10-18-7-5-15/h3,11-12H,1,4-10H2,2H3/t11-,12-/m0/s1. The molecular weight excluding hydrogens is 313 g/mol. The number of carbonyl (C=O) groups excluding carboxylic acids is 1. The Kier molecular flexibility index (Phi) is 8.87. The number of hydrogen-bond donors (Lipinski definition) is 0. The van der Waals surface area contributed by atoms with Crippen molar-refractivity contribution in [1.82, 2.24) is 4.90 Å². The molecule has 4 nitrogen and oxygen atoms in total. The number of thioether (sulfide) groups is 1. The summed E-state index contributed by atoms with van der Waals surface area (Å²) >= 11 is 6.87. The van der Waals surface area contributed by atoms with Gasteiger partial charge in [0.2, 0.25) is 0 Å². The van der Waals surface area contributed by atoms with Crippen LogP contribution in [0, 0.1) is 0 Å². The summed E-state index contributed by atoms with van der Waals surface area (Å²) < 4.78 is 23.4. The lowest BCUT2D eigenvalue weighted by molar-refractivity contribution is 0.0569. The van der Waals surface area contributed by atoms with Crippen LogP contribution in [-0.2, 0) is 9.47 Å². The molecule has 0 aliphatic carbocycles. The highest BCUT2D eigenvalue weighted by Crippen LogP contribution is 2.30. The third kappa shape index (κ3) is 6.32. The summed E-state index contributed by atoms with van der Waals surface area (Å²) in [5.41, 5.74) is 0. The number of halogens is 1. The summed E-state index contributed by atoms with van der Waals surface area (Å²) in [5, 5.41) is 0.243. The second-order valence-electron chi connectivity index (χ2n) is 4.64. The maximum atomic E-state index is 12.1. The summed E-state index contributed by atoms with van der Waals surface area (Å²) in [6.07, 6.45) is 2.76. The van der Waals surface area contributed by atoms with Crippen LogP contribution in [0.5, 0.6) is 0 Å². The Labute approximate surface area is 135 Å². The van der Waals surface area contributed by atoms with Gasteiger partial charge in [0.1, 0.15) is 13.3 Å². The minimum atomic E-state index is -0.522. The van der Waals surface area contributed by atoms with Gasteiger partial charge in [-0.25, -0.2) is 9.18 Å². The molecule has 1 aliphatic heterocycles. The van der Waals surface area contributed by atoms with Crippen LogP contribution in [0.2, 0.25) is 0 Å². The quantitative estimate of drug-likeness (QED) is 0.387. The Balaban J connectivity index is 2.58. The number of rotatable bonds is 8. The van der Waals surface area contributed by atoms with Crippen molar-refractivity contribution in [2.45, 2.75) is 31.1 Å². The second kappa shape index (κ2) is 10.1. The van der Waals surface area contributed by atoms with Gasteiger partial charge < -0.3 is 14.4 Å². The zero-order valence-electron chi connectivity index (χ0n) is 12.3.